The van der Waals surface area contributed by atoms with Crippen LogP contribution in [0.1, 0.15) is 26.3 Å². The minimum absolute atomic E-state index is 0.198. The van der Waals surface area contributed by atoms with Crippen molar-refractivity contribution in [3.63, 3.8) is 0 Å². The van der Waals surface area contributed by atoms with Gasteiger partial charge in [-0.3, -0.25) is 14.9 Å². The highest BCUT2D eigenvalue weighted by atomic mass is 32.1. The normalized spacial score (nSPS) is 10.5. The van der Waals surface area contributed by atoms with Gasteiger partial charge in [-0.25, -0.2) is 0 Å². The van der Waals surface area contributed by atoms with Gasteiger partial charge >= 0.3 is 0 Å². The Kier molecular flexibility index (Phi) is 6.33. The number of phenols is 1. The van der Waals surface area contributed by atoms with Crippen molar-refractivity contribution in [2.24, 2.45) is 0 Å². The summed E-state index contributed by atoms with van der Waals surface area (Å²) in [6.07, 6.45) is 0. The number of amides is 2. The first-order valence-electron chi connectivity index (χ1n) is 10.2. The Bertz CT molecular complexity index is 1350. The van der Waals surface area contributed by atoms with Gasteiger partial charge in [-0.15, -0.1) is 0 Å². The quantitative estimate of drug-likeness (QED) is 0.316. The Morgan fingerprint density at radius 3 is 2.15 bits per heavy atom. The van der Waals surface area contributed by atoms with Gasteiger partial charge in [0.2, 0.25) is 0 Å². The molecule has 0 aromatic heterocycles. The van der Waals surface area contributed by atoms with Gasteiger partial charge in [0, 0.05) is 22.5 Å². The molecule has 0 aliphatic rings. The van der Waals surface area contributed by atoms with E-state index < -0.39 is 0 Å². The Balaban J connectivity index is 1.39. The molecule has 4 aromatic carbocycles. The number of hydrogen-bond acceptors (Lipinski definition) is 4. The first-order chi connectivity index (χ1) is 15.9. The van der Waals surface area contributed by atoms with E-state index in [2.05, 4.69) is 16.0 Å². The third-order valence-corrected chi connectivity index (χ3v) is 5.39. The van der Waals surface area contributed by atoms with Crippen molar-refractivity contribution >= 4 is 51.3 Å². The van der Waals surface area contributed by atoms with Crippen LogP contribution < -0.4 is 16.0 Å². The molecule has 0 unspecified atom stereocenters. The zero-order valence-electron chi connectivity index (χ0n) is 17.8. The molecular formula is C26H21N3O3S. The molecule has 0 aliphatic carbocycles. The molecule has 0 bridgehead atoms. The third kappa shape index (κ3) is 5.16. The molecule has 0 saturated heterocycles. The summed E-state index contributed by atoms with van der Waals surface area (Å²) < 4.78 is 0. The number of carbonyl (C=O) groups is 2. The predicted molar refractivity (Wildman–Crippen MR) is 135 cm³/mol. The lowest BCUT2D eigenvalue weighted by atomic mass is 10.0. The van der Waals surface area contributed by atoms with Gasteiger partial charge < -0.3 is 15.7 Å². The van der Waals surface area contributed by atoms with Gasteiger partial charge in [0.05, 0.1) is 0 Å². The van der Waals surface area contributed by atoms with Gasteiger partial charge in [0.25, 0.3) is 11.8 Å². The molecule has 0 saturated carbocycles. The lowest BCUT2D eigenvalue weighted by Crippen LogP contribution is -2.34. The summed E-state index contributed by atoms with van der Waals surface area (Å²) in [6.45, 7) is 1.83. The van der Waals surface area contributed by atoms with E-state index in [-0.39, 0.29) is 22.7 Å². The van der Waals surface area contributed by atoms with Crippen LogP contribution in [-0.2, 0) is 0 Å². The standard InChI is InChI=1S/C26H21N3O3S/c1-16-22-13-9-19(15-18(22)10-14-23(16)30)25(32)27-21-11-7-17(8-12-21)24(31)29-26(33)28-20-5-3-2-4-6-20/h2-15,30H,1H3,(H,27,32)(H2,28,29,31,33). The van der Waals surface area contributed by atoms with Gasteiger partial charge in [0.15, 0.2) is 5.11 Å². The summed E-state index contributed by atoms with van der Waals surface area (Å²) in [6, 6.07) is 24.5. The number of benzene rings is 4. The number of nitrogens with one attached hydrogen (secondary N) is 3. The number of aromatic hydroxyl groups is 1. The Morgan fingerprint density at radius 2 is 1.42 bits per heavy atom. The van der Waals surface area contributed by atoms with Crippen LogP contribution in [-0.4, -0.2) is 22.0 Å². The van der Waals surface area contributed by atoms with Crippen LogP contribution in [0.2, 0.25) is 0 Å². The molecule has 0 aliphatic heterocycles. The molecule has 0 fully saturated rings. The molecule has 7 heteroatoms. The third-order valence-electron chi connectivity index (χ3n) is 5.19. The maximum absolute atomic E-state index is 12.7. The fraction of sp³-hybridized carbons (Fsp3) is 0.0385. The van der Waals surface area contributed by atoms with Crippen molar-refractivity contribution in [2.75, 3.05) is 10.6 Å². The minimum atomic E-state index is -0.352. The number of anilines is 2. The highest BCUT2D eigenvalue weighted by molar-refractivity contribution is 7.80. The number of thiocarbonyl (C=S) groups is 1. The average Bonchev–Trinajstić information content (AvgIpc) is 2.82. The number of para-hydroxylation sites is 1. The Morgan fingerprint density at radius 1 is 0.758 bits per heavy atom. The molecule has 0 spiro atoms. The van der Waals surface area contributed by atoms with Gasteiger partial charge in [-0.2, -0.15) is 0 Å². The maximum Gasteiger partial charge on any atom is 0.257 e. The van der Waals surface area contributed by atoms with Crippen molar-refractivity contribution in [1.82, 2.24) is 5.32 Å². The fourth-order valence-corrected chi connectivity index (χ4v) is 3.59. The second-order valence-corrected chi connectivity index (χ2v) is 7.86. The Hall–Kier alpha value is -4.23. The lowest BCUT2D eigenvalue weighted by molar-refractivity contribution is 0.0976. The molecule has 0 heterocycles. The Labute approximate surface area is 196 Å². The summed E-state index contributed by atoms with van der Waals surface area (Å²) in [5.74, 6) is -0.400. The summed E-state index contributed by atoms with van der Waals surface area (Å²) in [7, 11) is 0. The molecule has 4 N–H and O–H groups in total. The number of rotatable bonds is 4. The van der Waals surface area contributed by atoms with E-state index in [1.54, 1.807) is 48.5 Å². The highest BCUT2D eigenvalue weighted by Gasteiger charge is 2.11. The number of hydrogen-bond donors (Lipinski definition) is 4. The monoisotopic (exact) mass is 455 g/mol. The average molecular weight is 456 g/mol. The van der Waals surface area contributed by atoms with Gasteiger partial charge in [-0.05, 0) is 90.1 Å². The van der Waals surface area contributed by atoms with Crippen molar-refractivity contribution < 1.29 is 14.7 Å². The number of phenolic OH excluding ortho intramolecular Hbond substituents is 1. The highest BCUT2D eigenvalue weighted by Crippen LogP contribution is 2.27. The predicted octanol–water partition coefficient (Wildman–Crippen LogP) is 5.23. The van der Waals surface area contributed by atoms with Crippen molar-refractivity contribution in [1.29, 1.82) is 0 Å². The van der Waals surface area contributed by atoms with Crippen LogP contribution in [0.4, 0.5) is 11.4 Å². The number of carbonyl (C=O) groups excluding carboxylic acids is 2. The van der Waals surface area contributed by atoms with Crippen LogP contribution in [0, 0.1) is 6.92 Å². The second kappa shape index (κ2) is 9.50. The van der Waals surface area contributed by atoms with Crippen molar-refractivity contribution in [2.45, 2.75) is 6.92 Å². The zero-order chi connectivity index (χ0) is 23.4. The van der Waals surface area contributed by atoms with Crippen LogP contribution in [0.3, 0.4) is 0 Å². The summed E-state index contributed by atoms with van der Waals surface area (Å²) in [5, 5.41) is 20.2. The van der Waals surface area contributed by atoms with E-state index in [0.29, 0.717) is 16.8 Å². The number of aryl methyl sites for hydroxylation is 1. The first-order valence-corrected chi connectivity index (χ1v) is 10.6. The maximum atomic E-state index is 12.7. The molecule has 33 heavy (non-hydrogen) atoms. The van der Waals surface area contributed by atoms with Crippen LogP contribution in [0.25, 0.3) is 10.8 Å². The van der Waals surface area contributed by atoms with E-state index in [9.17, 15) is 14.7 Å². The molecular weight excluding hydrogens is 434 g/mol. The van der Waals surface area contributed by atoms with Crippen molar-refractivity contribution in [3.8, 4) is 5.75 Å². The lowest BCUT2D eigenvalue weighted by Gasteiger charge is -2.10. The van der Waals surface area contributed by atoms with E-state index in [1.165, 1.54) is 0 Å². The SMILES string of the molecule is Cc1c(O)ccc2cc(C(=O)Nc3ccc(C(=O)NC(=S)Nc4ccccc4)cc3)ccc12. The summed E-state index contributed by atoms with van der Waals surface area (Å²) >= 11 is 5.18. The van der Waals surface area contributed by atoms with Crippen LogP contribution >= 0.6 is 12.2 Å². The first kappa shape index (κ1) is 22.0. The molecule has 2 amide bonds. The second-order valence-electron chi connectivity index (χ2n) is 7.45. The van der Waals surface area contributed by atoms with E-state index in [4.69, 9.17) is 12.2 Å². The largest absolute Gasteiger partial charge is 0.508 e. The van der Waals surface area contributed by atoms with E-state index in [0.717, 1.165) is 22.0 Å². The molecule has 0 radical (unpaired) electrons. The molecule has 6 nitrogen and oxygen atoms in total. The van der Waals surface area contributed by atoms with Crippen LogP contribution in [0.15, 0.2) is 84.9 Å². The molecule has 4 aromatic rings. The summed E-state index contributed by atoms with van der Waals surface area (Å²) in [5.41, 5.74) is 3.01. The fourth-order valence-electron chi connectivity index (χ4n) is 3.38. The smallest absolute Gasteiger partial charge is 0.257 e. The topological polar surface area (TPSA) is 90.5 Å². The van der Waals surface area contributed by atoms with Gasteiger partial charge in [0.1, 0.15) is 5.75 Å². The molecule has 0 atom stereocenters. The number of fused-ring (bicyclic) bond motifs is 1. The molecule has 164 valence electrons. The van der Waals surface area contributed by atoms with Gasteiger partial charge in [-0.1, -0.05) is 30.3 Å². The van der Waals surface area contributed by atoms with E-state index in [1.807, 2.05) is 43.3 Å². The summed E-state index contributed by atoms with van der Waals surface area (Å²) in [4.78, 5) is 25.1. The van der Waals surface area contributed by atoms with Crippen molar-refractivity contribution in [3.05, 3.63) is 102 Å². The zero-order valence-corrected chi connectivity index (χ0v) is 18.6. The van der Waals surface area contributed by atoms with E-state index >= 15 is 0 Å². The minimum Gasteiger partial charge on any atom is -0.508 e. The van der Waals surface area contributed by atoms with Crippen LogP contribution in [0.5, 0.6) is 5.75 Å². The molecule has 4 rings (SSSR count).